The number of alkyl halides is 3. The molecular formula is C13H20F3N. The third-order valence-electron chi connectivity index (χ3n) is 3.63. The van der Waals surface area contributed by atoms with Gasteiger partial charge in [-0.15, -0.1) is 11.8 Å². The summed E-state index contributed by atoms with van der Waals surface area (Å²) in [5.41, 5.74) is 0. The molecule has 0 aromatic carbocycles. The molecule has 4 heteroatoms. The number of halogens is 3. The fraction of sp³-hybridized carbons (Fsp3) is 0.846. The van der Waals surface area contributed by atoms with Crippen LogP contribution >= 0.6 is 0 Å². The summed E-state index contributed by atoms with van der Waals surface area (Å²) >= 11 is 0. The normalized spacial score (nSPS) is 27.1. The fourth-order valence-electron chi connectivity index (χ4n) is 2.73. The first-order chi connectivity index (χ1) is 8.00. The maximum absolute atomic E-state index is 12.9. The Hall–Kier alpha value is -0.690. The summed E-state index contributed by atoms with van der Waals surface area (Å²) in [6.45, 7) is 1.72. The molecule has 0 saturated heterocycles. The van der Waals surface area contributed by atoms with E-state index >= 15 is 0 Å². The SMILES string of the molecule is CC#CCC(NC)C1CCCCC1C(F)(F)F. The van der Waals surface area contributed by atoms with Crippen molar-refractivity contribution in [2.24, 2.45) is 11.8 Å². The zero-order valence-corrected chi connectivity index (χ0v) is 10.4. The average molecular weight is 247 g/mol. The molecule has 1 fully saturated rings. The number of hydrogen-bond donors (Lipinski definition) is 1. The average Bonchev–Trinajstić information content (AvgIpc) is 2.29. The van der Waals surface area contributed by atoms with E-state index in [1.54, 1.807) is 14.0 Å². The van der Waals surface area contributed by atoms with Gasteiger partial charge in [0.1, 0.15) is 0 Å². The molecule has 0 bridgehead atoms. The summed E-state index contributed by atoms with van der Waals surface area (Å²) in [4.78, 5) is 0. The van der Waals surface area contributed by atoms with E-state index in [1.165, 1.54) is 0 Å². The number of nitrogens with one attached hydrogen (secondary N) is 1. The lowest BCUT2D eigenvalue weighted by atomic mass is 9.74. The Morgan fingerprint density at radius 2 is 1.94 bits per heavy atom. The summed E-state index contributed by atoms with van der Waals surface area (Å²) in [5.74, 6) is 4.16. The molecule has 0 aliphatic heterocycles. The Morgan fingerprint density at radius 1 is 1.29 bits per heavy atom. The first-order valence-corrected chi connectivity index (χ1v) is 6.14. The molecule has 3 atom stereocenters. The topological polar surface area (TPSA) is 12.0 Å². The Kier molecular flexibility index (Phi) is 5.32. The molecule has 0 spiro atoms. The van der Waals surface area contributed by atoms with Gasteiger partial charge in [0, 0.05) is 12.5 Å². The van der Waals surface area contributed by atoms with Crippen molar-refractivity contribution in [3.05, 3.63) is 0 Å². The molecule has 0 aromatic heterocycles. The van der Waals surface area contributed by atoms with Crippen molar-refractivity contribution >= 4 is 0 Å². The predicted octanol–water partition coefficient (Wildman–Crippen LogP) is 3.36. The van der Waals surface area contributed by atoms with Gasteiger partial charge < -0.3 is 5.32 Å². The van der Waals surface area contributed by atoms with Crippen molar-refractivity contribution in [3.8, 4) is 11.8 Å². The van der Waals surface area contributed by atoms with E-state index in [0.717, 1.165) is 6.42 Å². The van der Waals surface area contributed by atoms with Crippen LogP contribution in [0.3, 0.4) is 0 Å². The second-order valence-corrected chi connectivity index (χ2v) is 4.62. The second kappa shape index (κ2) is 6.30. The van der Waals surface area contributed by atoms with E-state index in [1.807, 2.05) is 0 Å². The predicted molar refractivity (Wildman–Crippen MR) is 62.4 cm³/mol. The lowest BCUT2D eigenvalue weighted by molar-refractivity contribution is -0.199. The molecule has 1 aliphatic carbocycles. The molecule has 1 N–H and O–H groups in total. The number of rotatable bonds is 3. The first-order valence-electron chi connectivity index (χ1n) is 6.14. The van der Waals surface area contributed by atoms with E-state index in [4.69, 9.17) is 0 Å². The quantitative estimate of drug-likeness (QED) is 0.754. The molecule has 0 aromatic rings. The lowest BCUT2D eigenvalue weighted by Crippen LogP contribution is -2.44. The van der Waals surface area contributed by atoms with Crippen molar-refractivity contribution in [1.29, 1.82) is 0 Å². The van der Waals surface area contributed by atoms with Gasteiger partial charge in [0.2, 0.25) is 0 Å². The summed E-state index contributed by atoms with van der Waals surface area (Å²) in [6, 6.07) is -0.144. The van der Waals surface area contributed by atoms with Crippen LogP contribution in [0.15, 0.2) is 0 Å². The zero-order valence-electron chi connectivity index (χ0n) is 10.4. The molecule has 1 rings (SSSR count). The van der Waals surface area contributed by atoms with Gasteiger partial charge >= 0.3 is 6.18 Å². The van der Waals surface area contributed by atoms with Gasteiger partial charge in [0.15, 0.2) is 0 Å². The monoisotopic (exact) mass is 247 g/mol. The van der Waals surface area contributed by atoms with Crippen molar-refractivity contribution in [3.63, 3.8) is 0 Å². The van der Waals surface area contributed by atoms with Crippen LogP contribution in [-0.2, 0) is 0 Å². The lowest BCUT2D eigenvalue weighted by Gasteiger charge is -2.37. The van der Waals surface area contributed by atoms with Crippen LogP contribution in [0.4, 0.5) is 13.2 Å². The number of hydrogen-bond acceptors (Lipinski definition) is 1. The van der Waals surface area contributed by atoms with Gasteiger partial charge in [-0.25, -0.2) is 0 Å². The van der Waals surface area contributed by atoms with Gasteiger partial charge in [0.25, 0.3) is 0 Å². The van der Waals surface area contributed by atoms with Gasteiger partial charge in [0.05, 0.1) is 5.92 Å². The maximum atomic E-state index is 12.9. The Bertz CT molecular complexity index is 287. The minimum absolute atomic E-state index is 0.144. The smallest absolute Gasteiger partial charge is 0.316 e. The Balaban J connectivity index is 2.77. The van der Waals surface area contributed by atoms with E-state index in [9.17, 15) is 13.2 Å². The maximum Gasteiger partial charge on any atom is 0.392 e. The Labute approximate surface area is 101 Å². The molecule has 0 amide bonds. The fourth-order valence-corrected chi connectivity index (χ4v) is 2.73. The van der Waals surface area contributed by atoms with Gasteiger partial charge in [-0.05, 0) is 32.7 Å². The highest BCUT2D eigenvalue weighted by atomic mass is 19.4. The van der Waals surface area contributed by atoms with Gasteiger partial charge in [-0.3, -0.25) is 0 Å². The van der Waals surface area contributed by atoms with Crippen LogP contribution in [0.1, 0.15) is 39.0 Å². The molecule has 3 unspecified atom stereocenters. The van der Waals surface area contributed by atoms with Crippen LogP contribution < -0.4 is 5.32 Å². The minimum atomic E-state index is -4.07. The second-order valence-electron chi connectivity index (χ2n) is 4.62. The minimum Gasteiger partial charge on any atom is -0.316 e. The highest BCUT2D eigenvalue weighted by Gasteiger charge is 2.47. The zero-order chi connectivity index (χ0) is 12.9. The van der Waals surface area contributed by atoms with Crippen LogP contribution in [0.2, 0.25) is 0 Å². The molecule has 0 radical (unpaired) electrons. The van der Waals surface area contributed by atoms with Crippen molar-refractivity contribution in [2.75, 3.05) is 7.05 Å². The highest BCUT2D eigenvalue weighted by molar-refractivity contribution is 5.01. The summed E-state index contributed by atoms with van der Waals surface area (Å²) in [6.07, 6.45) is -1.05. The standard InChI is InChI=1S/C13H20F3N/c1-3-4-9-12(17-2)10-7-5-6-8-11(10)13(14,15)16/h10-12,17H,5-9H2,1-2H3. The van der Waals surface area contributed by atoms with Crippen LogP contribution in [0.5, 0.6) is 0 Å². The molecule has 98 valence electrons. The first kappa shape index (κ1) is 14.4. The molecule has 1 aliphatic rings. The van der Waals surface area contributed by atoms with E-state index in [2.05, 4.69) is 17.2 Å². The summed E-state index contributed by atoms with van der Waals surface area (Å²) in [5, 5.41) is 3.01. The van der Waals surface area contributed by atoms with Crippen LogP contribution in [0, 0.1) is 23.7 Å². The van der Waals surface area contributed by atoms with Gasteiger partial charge in [-0.1, -0.05) is 12.8 Å². The molecule has 0 heterocycles. The largest absolute Gasteiger partial charge is 0.392 e. The summed E-state index contributed by atoms with van der Waals surface area (Å²) in [7, 11) is 1.73. The highest BCUT2D eigenvalue weighted by Crippen LogP contribution is 2.43. The van der Waals surface area contributed by atoms with Crippen molar-refractivity contribution < 1.29 is 13.2 Å². The van der Waals surface area contributed by atoms with Crippen LogP contribution in [0.25, 0.3) is 0 Å². The van der Waals surface area contributed by atoms with Gasteiger partial charge in [-0.2, -0.15) is 13.2 Å². The van der Waals surface area contributed by atoms with Crippen molar-refractivity contribution in [2.45, 2.75) is 51.2 Å². The van der Waals surface area contributed by atoms with E-state index < -0.39 is 12.1 Å². The van der Waals surface area contributed by atoms with E-state index in [-0.39, 0.29) is 18.4 Å². The van der Waals surface area contributed by atoms with Crippen molar-refractivity contribution in [1.82, 2.24) is 5.32 Å². The third kappa shape index (κ3) is 3.92. The molecular weight excluding hydrogens is 227 g/mol. The van der Waals surface area contributed by atoms with E-state index in [0.29, 0.717) is 19.3 Å². The Morgan fingerprint density at radius 3 is 2.47 bits per heavy atom. The molecule has 17 heavy (non-hydrogen) atoms. The van der Waals surface area contributed by atoms with Crippen LogP contribution in [-0.4, -0.2) is 19.3 Å². The summed E-state index contributed by atoms with van der Waals surface area (Å²) < 4.78 is 38.8. The third-order valence-corrected chi connectivity index (χ3v) is 3.63. The molecule has 1 nitrogen and oxygen atoms in total. The molecule has 1 saturated carbocycles.